The van der Waals surface area contributed by atoms with Crippen molar-refractivity contribution in [1.29, 1.82) is 0 Å². The fraction of sp³-hybridized carbons (Fsp3) is 0.385. The van der Waals surface area contributed by atoms with Gasteiger partial charge in [0.05, 0.1) is 17.6 Å². The molecule has 1 aliphatic rings. The average molecular weight is 418 g/mol. The van der Waals surface area contributed by atoms with E-state index in [2.05, 4.69) is 55.3 Å². The van der Waals surface area contributed by atoms with Crippen molar-refractivity contribution in [1.82, 2.24) is 14.5 Å². The van der Waals surface area contributed by atoms with Gasteiger partial charge in [-0.05, 0) is 42.2 Å². The standard InChI is InChI=1S/C26H31N3O2/c1-4-14-28-18-21(17-25(28)30)26-27-23-8-6-7-9-24(23)29(26)15-16-31-22-12-10-20(11-13-22)19(3)5-2/h4,6-13,19,21H,1,5,14-18H2,2-3H3/t19-,21-/m1/s1. The van der Waals surface area contributed by atoms with E-state index in [4.69, 9.17) is 9.72 Å². The number of carbonyl (C=O) groups is 1. The van der Waals surface area contributed by atoms with Crippen LogP contribution in [-0.4, -0.2) is 40.1 Å². The van der Waals surface area contributed by atoms with Crippen LogP contribution in [0.1, 0.15) is 49.9 Å². The quantitative estimate of drug-likeness (QED) is 0.454. The number of likely N-dealkylation sites (tertiary alicyclic amines) is 1. The Morgan fingerprint density at radius 2 is 2.00 bits per heavy atom. The van der Waals surface area contributed by atoms with Crippen LogP contribution in [0.15, 0.2) is 61.2 Å². The molecule has 1 saturated heterocycles. The van der Waals surface area contributed by atoms with Crippen LogP contribution in [0.4, 0.5) is 0 Å². The van der Waals surface area contributed by atoms with Crippen molar-refractivity contribution in [3.05, 3.63) is 72.6 Å². The second-order valence-corrected chi connectivity index (χ2v) is 8.33. The molecule has 1 fully saturated rings. The Hall–Kier alpha value is -3.08. The summed E-state index contributed by atoms with van der Waals surface area (Å²) in [6, 6.07) is 16.6. The number of para-hydroxylation sites is 2. The third kappa shape index (κ3) is 4.50. The van der Waals surface area contributed by atoms with Crippen molar-refractivity contribution < 1.29 is 9.53 Å². The number of nitrogens with zero attached hydrogens (tertiary/aromatic N) is 3. The summed E-state index contributed by atoms with van der Waals surface area (Å²) in [7, 11) is 0. The Morgan fingerprint density at radius 1 is 1.23 bits per heavy atom. The van der Waals surface area contributed by atoms with Crippen molar-refractivity contribution in [2.75, 3.05) is 19.7 Å². The van der Waals surface area contributed by atoms with Gasteiger partial charge in [0.25, 0.3) is 0 Å². The number of aromatic nitrogens is 2. The first-order valence-corrected chi connectivity index (χ1v) is 11.2. The number of carbonyl (C=O) groups excluding carboxylic acids is 1. The number of fused-ring (bicyclic) bond motifs is 1. The maximum atomic E-state index is 12.4. The molecule has 1 aliphatic heterocycles. The third-order valence-corrected chi connectivity index (χ3v) is 6.26. The predicted octanol–water partition coefficient (Wildman–Crippen LogP) is 5.13. The number of hydrogen-bond donors (Lipinski definition) is 0. The molecule has 2 heterocycles. The molecule has 4 rings (SSSR count). The fourth-order valence-electron chi connectivity index (χ4n) is 4.30. The summed E-state index contributed by atoms with van der Waals surface area (Å²) < 4.78 is 8.28. The summed E-state index contributed by atoms with van der Waals surface area (Å²) in [5.41, 5.74) is 3.39. The summed E-state index contributed by atoms with van der Waals surface area (Å²) in [6.07, 6.45) is 3.41. The van der Waals surface area contributed by atoms with Gasteiger partial charge >= 0.3 is 0 Å². The van der Waals surface area contributed by atoms with Gasteiger partial charge in [-0.25, -0.2) is 4.98 Å². The van der Waals surface area contributed by atoms with Crippen molar-refractivity contribution >= 4 is 16.9 Å². The molecule has 0 aliphatic carbocycles. The molecule has 0 radical (unpaired) electrons. The molecule has 5 heteroatoms. The molecule has 0 bridgehead atoms. The first kappa shape index (κ1) is 21.2. The lowest BCUT2D eigenvalue weighted by molar-refractivity contribution is -0.127. The molecule has 0 N–H and O–H groups in total. The van der Waals surface area contributed by atoms with Gasteiger partial charge in [-0.2, -0.15) is 0 Å². The van der Waals surface area contributed by atoms with Crippen molar-refractivity contribution in [3.8, 4) is 5.75 Å². The molecular formula is C26H31N3O2. The van der Waals surface area contributed by atoms with E-state index < -0.39 is 0 Å². The molecule has 1 aromatic heterocycles. The number of rotatable bonds is 9. The smallest absolute Gasteiger partial charge is 0.223 e. The number of imidazole rings is 1. The highest BCUT2D eigenvalue weighted by molar-refractivity contribution is 5.81. The van der Waals surface area contributed by atoms with Gasteiger partial charge in [0, 0.05) is 25.4 Å². The lowest BCUT2D eigenvalue weighted by Crippen LogP contribution is -2.25. The molecule has 3 aromatic rings. The highest BCUT2D eigenvalue weighted by Crippen LogP contribution is 2.30. The maximum Gasteiger partial charge on any atom is 0.223 e. The van der Waals surface area contributed by atoms with E-state index in [9.17, 15) is 4.79 Å². The summed E-state index contributed by atoms with van der Waals surface area (Å²) >= 11 is 0. The minimum Gasteiger partial charge on any atom is -0.492 e. The maximum absolute atomic E-state index is 12.4. The van der Waals surface area contributed by atoms with Gasteiger partial charge in [-0.15, -0.1) is 6.58 Å². The minimum absolute atomic E-state index is 0.0923. The van der Waals surface area contributed by atoms with Gasteiger partial charge < -0.3 is 14.2 Å². The summed E-state index contributed by atoms with van der Waals surface area (Å²) in [5, 5.41) is 0. The summed E-state index contributed by atoms with van der Waals surface area (Å²) in [4.78, 5) is 19.1. The lowest BCUT2D eigenvalue weighted by atomic mass is 9.99. The van der Waals surface area contributed by atoms with E-state index in [1.54, 1.807) is 6.08 Å². The number of amides is 1. The number of hydrogen-bond acceptors (Lipinski definition) is 3. The third-order valence-electron chi connectivity index (χ3n) is 6.26. The minimum atomic E-state index is 0.0923. The SMILES string of the molecule is C=CCN1C[C@H](c2nc3ccccc3n2CCOc2ccc([C@H](C)CC)cc2)CC1=O. The Kier molecular flexibility index (Phi) is 6.40. The molecule has 31 heavy (non-hydrogen) atoms. The molecule has 1 amide bonds. The second kappa shape index (κ2) is 9.38. The predicted molar refractivity (Wildman–Crippen MR) is 125 cm³/mol. The summed E-state index contributed by atoms with van der Waals surface area (Å²) in [5.74, 6) is 2.67. The highest BCUT2D eigenvalue weighted by atomic mass is 16.5. The van der Waals surface area contributed by atoms with Crippen LogP contribution in [0.3, 0.4) is 0 Å². The first-order valence-electron chi connectivity index (χ1n) is 11.2. The van der Waals surface area contributed by atoms with Gasteiger partial charge in [-0.1, -0.05) is 44.2 Å². The van der Waals surface area contributed by atoms with Crippen molar-refractivity contribution in [2.24, 2.45) is 0 Å². The Labute approximate surface area is 184 Å². The van der Waals surface area contributed by atoms with E-state index >= 15 is 0 Å². The van der Waals surface area contributed by atoms with Crippen molar-refractivity contribution in [2.45, 2.75) is 45.1 Å². The number of benzene rings is 2. The monoisotopic (exact) mass is 417 g/mol. The molecular weight excluding hydrogens is 386 g/mol. The van der Waals surface area contributed by atoms with Gasteiger partial charge in [0.2, 0.25) is 5.91 Å². The largest absolute Gasteiger partial charge is 0.492 e. The van der Waals surface area contributed by atoms with Gasteiger partial charge in [0.15, 0.2) is 0 Å². The van der Waals surface area contributed by atoms with E-state index in [1.165, 1.54) is 5.56 Å². The average Bonchev–Trinajstić information content (AvgIpc) is 3.34. The van der Waals surface area contributed by atoms with E-state index in [1.807, 2.05) is 23.1 Å². The topological polar surface area (TPSA) is 47.4 Å². The Balaban J connectivity index is 1.50. The zero-order valence-corrected chi connectivity index (χ0v) is 18.5. The lowest BCUT2D eigenvalue weighted by Gasteiger charge is -2.16. The van der Waals surface area contributed by atoms with Crippen LogP contribution in [-0.2, 0) is 11.3 Å². The molecule has 2 aromatic carbocycles. The van der Waals surface area contributed by atoms with Crippen LogP contribution in [0.5, 0.6) is 5.75 Å². The van der Waals surface area contributed by atoms with E-state index in [0.717, 1.165) is 29.0 Å². The molecule has 162 valence electrons. The molecule has 5 nitrogen and oxygen atoms in total. The zero-order chi connectivity index (χ0) is 21.8. The van der Waals surface area contributed by atoms with Crippen LogP contribution in [0, 0.1) is 0 Å². The summed E-state index contributed by atoms with van der Waals surface area (Å²) in [6.45, 7) is 10.7. The second-order valence-electron chi connectivity index (χ2n) is 8.33. The zero-order valence-electron chi connectivity index (χ0n) is 18.5. The van der Waals surface area contributed by atoms with Gasteiger partial charge in [0.1, 0.15) is 18.2 Å². The molecule has 2 atom stereocenters. The molecule has 0 saturated carbocycles. The Morgan fingerprint density at radius 3 is 2.74 bits per heavy atom. The van der Waals surface area contributed by atoms with E-state index in [0.29, 0.717) is 38.6 Å². The van der Waals surface area contributed by atoms with Crippen molar-refractivity contribution in [3.63, 3.8) is 0 Å². The molecule has 0 unspecified atom stereocenters. The van der Waals surface area contributed by atoms with E-state index in [-0.39, 0.29) is 11.8 Å². The van der Waals surface area contributed by atoms with Crippen LogP contribution in [0.2, 0.25) is 0 Å². The van der Waals surface area contributed by atoms with Gasteiger partial charge in [-0.3, -0.25) is 4.79 Å². The van der Waals surface area contributed by atoms with Crippen LogP contribution < -0.4 is 4.74 Å². The fourth-order valence-corrected chi connectivity index (χ4v) is 4.30. The highest BCUT2D eigenvalue weighted by Gasteiger charge is 2.33. The Bertz CT molecular complexity index is 1050. The first-order chi connectivity index (χ1) is 15.1. The molecule has 0 spiro atoms. The van der Waals surface area contributed by atoms with Crippen LogP contribution in [0.25, 0.3) is 11.0 Å². The normalized spacial score (nSPS) is 17.3. The van der Waals surface area contributed by atoms with Crippen LogP contribution >= 0.6 is 0 Å². The number of ether oxygens (including phenoxy) is 1.